The summed E-state index contributed by atoms with van der Waals surface area (Å²) in [5.74, 6) is -1.64. The van der Waals surface area contributed by atoms with E-state index >= 15 is 0 Å². The van der Waals surface area contributed by atoms with Crippen molar-refractivity contribution in [2.75, 3.05) is 18.4 Å². The number of benzene rings is 1. The number of nitrogens with two attached hydrogens (primary N) is 1. The lowest BCUT2D eigenvalue weighted by Crippen LogP contribution is -2.24. The van der Waals surface area contributed by atoms with Crippen LogP contribution in [0.2, 0.25) is 0 Å². The maximum absolute atomic E-state index is 12.9. The Morgan fingerprint density at radius 2 is 2.00 bits per heavy atom. The largest absolute Gasteiger partial charge is 0.384 e. The van der Waals surface area contributed by atoms with Gasteiger partial charge in [0.2, 0.25) is 0 Å². The van der Waals surface area contributed by atoms with Crippen molar-refractivity contribution >= 4 is 5.69 Å². The number of hydrogen-bond donors (Lipinski definition) is 2. The zero-order valence-electron chi connectivity index (χ0n) is 8.39. The highest BCUT2D eigenvalue weighted by Crippen LogP contribution is 2.44. The van der Waals surface area contributed by atoms with E-state index in [1.807, 2.05) is 0 Å². The van der Waals surface area contributed by atoms with Crippen molar-refractivity contribution in [1.29, 1.82) is 0 Å². The van der Waals surface area contributed by atoms with Gasteiger partial charge in [-0.2, -0.15) is 0 Å². The molecular formula is C11H14F2N2. The van der Waals surface area contributed by atoms with Gasteiger partial charge in [0.1, 0.15) is 0 Å². The molecule has 1 aliphatic rings. The van der Waals surface area contributed by atoms with Gasteiger partial charge in [-0.15, -0.1) is 0 Å². The lowest BCUT2D eigenvalue weighted by molar-refractivity contribution is 0.508. The number of hydrogen-bond acceptors (Lipinski definition) is 2. The molecule has 4 heteroatoms. The average Bonchev–Trinajstić information content (AvgIpc) is 3.01. The minimum Gasteiger partial charge on any atom is -0.384 e. The minimum absolute atomic E-state index is 0.185. The highest BCUT2D eigenvalue weighted by Gasteiger charge is 2.40. The van der Waals surface area contributed by atoms with Crippen LogP contribution in [0.3, 0.4) is 0 Å². The monoisotopic (exact) mass is 212 g/mol. The number of anilines is 1. The van der Waals surface area contributed by atoms with E-state index in [0.717, 1.165) is 25.5 Å². The summed E-state index contributed by atoms with van der Waals surface area (Å²) in [6.45, 7) is 1.37. The van der Waals surface area contributed by atoms with Crippen LogP contribution in [0, 0.1) is 17.0 Å². The number of rotatable bonds is 4. The SMILES string of the molecule is NCC1(CNc2ccc(F)c(F)c2)CC1. The first-order valence-electron chi connectivity index (χ1n) is 5.04. The third kappa shape index (κ3) is 2.26. The average molecular weight is 212 g/mol. The van der Waals surface area contributed by atoms with Gasteiger partial charge >= 0.3 is 0 Å². The second-order valence-corrected chi connectivity index (χ2v) is 4.19. The van der Waals surface area contributed by atoms with Crippen LogP contribution in [0.1, 0.15) is 12.8 Å². The van der Waals surface area contributed by atoms with Crippen LogP contribution in [0.5, 0.6) is 0 Å². The first-order chi connectivity index (χ1) is 7.15. The molecule has 0 saturated heterocycles. The second kappa shape index (κ2) is 3.77. The van der Waals surface area contributed by atoms with Gasteiger partial charge in [-0.3, -0.25) is 0 Å². The molecule has 0 atom stereocenters. The second-order valence-electron chi connectivity index (χ2n) is 4.19. The van der Waals surface area contributed by atoms with Crippen LogP contribution >= 0.6 is 0 Å². The van der Waals surface area contributed by atoms with Gasteiger partial charge in [-0.05, 0) is 43.0 Å². The van der Waals surface area contributed by atoms with Crippen LogP contribution in [0.25, 0.3) is 0 Å². The highest BCUT2D eigenvalue weighted by atomic mass is 19.2. The van der Waals surface area contributed by atoms with E-state index in [0.29, 0.717) is 12.2 Å². The summed E-state index contributed by atoms with van der Waals surface area (Å²) in [5.41, 5.74) is 6.40. The molecule has 1 fully saturated rings. The highest BCUT2D eigenvalue weighted by molar-refractivity contribution is 5.44. The maximum atomic E-state index is 12.9. The smallest absolute Gasteiger partial charge is 0.160 e. The topological polar surface area (TPSA) is 38.0 Å². The summed E-state index contributed by atoms with van der Waals surface area (Å²) >= 11 is 0. The Balaban J connectivity index is 1.96. The van der Waals surface area contributed by atoms with E-state index in [4.69, 9.17) is 5.73 Å². The first-order valence-corrected chi connectivity index (χ1v) is 5.04. The lowest BCUT2D eigenvalue weighted by atomic mass is 10.1. The van der Waals surface area contributed by atoms with E-state index in [9.17, 15) is 8.78 Å². The van der Waals surface area contributed by atoms with E-state index in [-0.39, 0.29) is 5.41 Å². The summed E-state index contributed by atoms with van der Waals surface area (Å²) in [6, 6.07) is 3.83. The fraction of sp³-hybridized carbons (Fsp3) is 0.455. The molecule has 2 rings (SSSR count). The molecule has 0 heterocycles. The van der Waals surface area contributed by atoms with Gasteiger partial charge in [0.25, 0.3) is 0 Å². The Morgan fingerprint density at radius 3 is 2.53 bits per heavy atom. The molecule has 1 aromatic carbocycles. The summed E-state index contributed by atoms with van der Waals surface area (Å²) in [5, 5.41) is 3.08. The summed E-state index contributed by atoms with van der Waals surface area (Å²) in [4.78, 5) is 0. The van der Waals surface area contributed by atoms with Gasteiger partial charge in [-0.25, -0.2) is 8.78 Å². The van der Waals surface area contributed by atoms with Crippen LogP contribution < -0.4 is 11.1 Å². The Labute approximate surface area is 87.5 Å². The van der Waals surface area contributed by atoms with Crippen LogP contribution in [0.4, 0.5) is 14.5 Å². The van der Waals surface area contributed by atoms with E-state index in [2.05, 4.69) is 5.32 Å². The predicted molar refractivity (Wildman–Crippen MR) is 55.6 cm³/mol. The van der Waals surface area contributed by atoms with Gasteiger partial charge < -0.3 is 11.1 Å². The molecule has 0 aromatic heterocycles. The Morgan fingerprint density at radius 1 is 1.27 bits per heavy atom. The third-order valence-electron chi connectivity index (χ3n) is 2.98. The molecule has 0 unspecified atom stereocenters. The van der Waals surface area contributed by atoms with Crippen molar-refractivity contribution < 1.29 is 8.78 Å². The Hall–Kier alpha value is -1.16. The molecule has 0 spiro atoms. The van der Waals surface area contributed by atoms with Crippen molar-refractivity contribution in [3.05, 3.63) is 29.8 Å². The standard InChI is InChI=1S/C11H14F2N2/c12-9-2-1-8(5-10(9)13)15-7-11(6-14)3-4-11/h1-2,5,15H,3-4,6-7,14H2. The van der Waals surface area contributed by atoms with Crippen molar-refractivity contribution in [1.82, 2.24) is 0 Å². The zero-order valence-corrected chi connectivity index (χ0v) is 8.39. The Kier molecular flexibility index (Phi) is 2.61. The predicted octanol–water partition coefficient (Wildman–Crippen LogP) is 2.12. The molecule has 82 valence electrons. The minimum atomic E-state index is -0.822. The van der Waals surface area contributed by atoms with Gasteiger partial charge in [0, 0.05) is 12.2 Å². The van der Waals surface area contributed by atoms with Crippen molar-refractivity contribution in [2.24, 2.45) is 11.1 Å². The molecular weight excluding hydrogens is 198 g/mol. The molecule has 1 aromatic rings. The summed E-state index contributed by atoms with van der Waals surface area (Å²) < 4.78 is 25.5. The van der Waals surface area contributed by atoms with E-state index < -0.39 is 11.6 Å². The fourth-order valence-electron chi connectivity index (χ4n) is 1.53. The molecule has 1 aliphatic carbocycles. The van der Waals surface area contributed by atoms with E-state index in [1.165, 1.54) is 12.1 Å². The van der Waals surface area contributed by atoms with Gasteiger partial charge in [0.05, 0.1) is 0 Å². The maximum Gasteiger partial charge on any atom is 0.160 e. The summed E-state index contributed by atoms with van der Waals surface area (Å²) in [7, 11) is 0. The fourth-order valence-corrected chi connectivity index (χ4v) is 1.53. The quantitative estimate of drug-likeness (QED) is 0.802. The number of nitrogens with one attached hydrogen (secondary N) is 1. The van der Waals surface area contributed by atoms with Gasteiger partial charge in [0.15, 0.2) is 11.6 Å². The van der Waals surface area contributed by atoms with Crippen LogP contribution in [0.15, 0.2) is 18.2 Å². The zero-order chi connectivity index (χ0) is 10.9. The number of halogens is 2. The molecule has 15 heavy (non-hydrogen) atoms. The normalized spacial score (nSPS) is 17.5. The molecule has 0 amide bonds. The van der Waals surface area contributed by atoms with Gasteiger partial charge in [-0.1, -0.05) is 0 Å². The molecule has 2 nitrogen and oxygen atoms in total. The van der Waals surface area contributed by atoms with Crippen molar-refractivity contribution in [2.45, 2.75) is 12.8 Å². The lowest BCUT2D eigenvalue weighted by Gasteiger charge is -2.14. The molecule has 0 aliphatic heterocycles. The third-order valence-corrected chi connectivity index (χ3v) is 2.98. The molecule has 1 saturated carbocycles. The van der Waals surface area contributed by atoms with Crippen LogP contribution in [-0.4, -0.2) is 13.1 Å². The Bertz CT molecular complexity index is 362. The van der Waals surface area contributed by atoms with E-state index in [1.54, 1.807) is 0 Å². The molecule has 0 bridgehead atoms. The van der Waals surface area contributed by atoms with Crippen molar-refractivity contribution in [3.8, 4) is 0 Å². The van der Waals surface area contributed by atoms with Crippen LogP contribution in [-0.2, 0) is 0 Å². The van der Waals surface area contributed by atoms with Crippen molar-refractivity contribution in [3.63, 3.8) is 0 Å². The summed E-state index contributed by atoms with van der Waals surface area (Å²) in [6.07, 6.45) is 2.22. The molecule has 0 radical (unpaired) electrons. The molecule has 3 N–H and O–H groups in total. The first kappa shape index (κ1) is 10.4.